The number of hydrogen-bond donors (Lipinski definition) is 2. The van der Waals surface area contributed by atoms with Gasteiger partial charge in [0, 0.05) is 23.2 Å². The molecule has 0 saturated carbocycles. The molecular formula is C19H20N4O5S. The molecule has 0 radical (unpaired) electrons. The summed E-state index contributed by atoms with van der Waals surface area (Å²) in [6, 6.07) is 8.63. The standard InChI is InChI=1S/C19H20N4O5S/c1-12-8-17(23(22-12)13-6-7-29(26,27)11-13)21-18(24)10-28-19(25)15-9-20-16-5-3-2-4-14(15)16/h2-5,8-9,13,20H,6-7,10-11H2,1H3,(H,21,24). The lowest BCUT2D eigenvalue weighted by Crippen LogP contribution is -2.24. The number of para-hydroxylation sites is 1. The maximum absolute atomic E-state index is 12.3. The van der Waals surface area contributed by atoms with Gasteiger partial charge in [-0.3, -0.25) is 4.79 Å². The summed E-state index contributed by atoms with van der Waals surface area (Å²) in [5, 5.41) is 7.68. The van der Waals surface area contributed by atoms with Gasteiger partial charge in [0.15, 0.2) is 16.4 Å². The maximum atomic E-state index is 12.3. The molecule has 1 fully saturated rings. The summed E-state index contributed by atoms with van der Waals surface area (Å²) < 4.78 is 30.2. The molecule has 4 rings (SSSR count). The van der Waals surface area contributed by atoms with Crippen LogP contribution in [-0.2, 0) is 19.4 Å². The minimum Gasteiger partial charge on any atom is -0.452 e. The molecule has 0 bridgehead atoms. The number of benzene rings is 1. The fourth-order valence-corrected chi connectivity index (χ4v) is 5.18. The number of aryl methyl sites for hydroxylation is 1. The summed E-state index contributed by atoms with van der Waals surface area (Å²) >= 11 is 0. The molecule has 10 heteroatoms. The van der Waals surface area contributed by atoms with E-state index in [0.29, 0.717) is 28.9 Å². The predicted molar refractivity (Wildman–Crippen MR) is 106 cm³/mol. The zero-order valence-electron chi connectivity index (χ0n) is 15.7. The van der Waals surface area contributed by atoms with E-state index in [4.69, 9.17) is 4.74 Å². The van der Waals surface area contributed by atoms with Gasteiger partial charge in [0.1, 0.15) is 5.82 Å². The van der Waals surface area contributed by atoms with Gasteiger partial charge in [-0.05, 0) is 19.4 Å². The number of rotatable bonds is 5. The topological polar surface area (TPSA) is 123 Å². The van der Waals surface area contributed by atoms with Crippen molar-refractivity contribution in [2.24, 2.45) is 0 Å². The van der Waals surface area contributed by atoms with Gasteiger partial charge in [0.2, 0.25) is 0 Å². The normalized spacial score (nSPS) is 18.0. The van der Waals surface area contributed by atoms with Gasteiger partial charge in [-0.25, -0.2) is 17.9 Å². The van der Waals surface area contributed by atoms with Gasteiger partial charge in [0.25, 0.3) is 5.91 Å². The Hall–Kier alpha value is -3.14. The molecule has 3 aromatic rings. The van der Waals surface area contributed by atoms with Crippen LogP contribution >= 0.6 is 0 Å². The number of sulfone groups is 1. The van der Waals surface area contributed by atoms with Crippen molar-refractivity contribution < 1.29 is 22.7 Å². The number of hydrogen-bond acceptors (Lipinski definition) is 6. The van der Waals surface area contributed by atoms with E-state index in [1.165, 1.54) is 4.68 Å². The summed E-state index contributed by atoms with van der Waals surface area (Å²) in [6.45, 7) is 1.29. The van der Waals surface area contributed by atoms with Crippen molar-refractivity contribution in [2.75, 3.05) is 23.4 Å². The van der Waals surface area contributed by atoms with Crippen LogP contribution in [0.2, 0.25) is 0 Å². The van der Waals surface area contributed by atoms with Crippen molar-refractivity contribution in [1.82, 2.24) is 14.8 Å². The number of aromatic amines is 1. The number of fused-ring (bicyclic) bond motifs is 1. The molecule has 2 aromatic heterocycles. The van der Waals surface area contributed by atoms with Crippen molar-refractivity contribution >= 4 is 38.4 Å². The second kappa shape index (κ2) is 7.36. The quantitative estimate of drug-likeness (QED) is 0.612. The average Bonchev–Trinajstić information content (AvgIpc) is 3.36. The monoisotopic (exact) mass is 416 g/mol. The third-order valence-electron chi connectivity index (χ3n) is 4.82. The van der Waals surface area contributed by atoms with Gasteiger partial charge < -0.3 is 15.0 Å². The smallest absolute Gasteiger partial charge is 0.340 e. The number of carbonyl (C=O) groups is 2. The van der Waals surface area contributed by atoms with E-state index >= 15 is 0 Å². The van der Waals surface area contributed by atoms with Crippen molar-refractivity contribution in [3.05, 3.63) is 47.8 Å². The van der Waals surface area contributed by atoms with Crippen molar-refractivity contribution in [3.63, 3.8) is 0 Å². The van der Waals surface area contributed by atoms with Crippen LogP contribution in [0.5, 0.6) is 0 Å². The number of amides is 1. The number of esters is 1. The molecule has 1 saturated heterocycles. The summed E-state index contributed by atoms with van der Waals surface area (Å²) in [7, 11) is -3.09. The van der Waals surface area contributed by atoms with E-state index in [9.17, 15) is 18.0 Å². The van der Waals surface area contributed by atoms with E-state index in [1.807, 2.05) is 18.2 Å². The second-order valence-electron chi connectivity index (χ2n) is 7.04. The van der Waals surface area contributed by atoms with Crippen LogP contribution in [0.15, 0.2) is 36.5 Å². The van der Waals surface area contributed by atoms with Crippen molar-refractivity contribution in [3.8, 4) is 0 Å². The molecule has 3 heterocycles. The van der Waals surface area contributed by atoms with E-state index < -0.39 is 28.3 Å². The Morgan fingerprint density at radius 2 is 2.14 bits per heavy atom. The van der Waals surface area contributed by atoms with E-state index in [-0.39, 0.29) is 17.5 Å². The predicted octanol–water partition coefficient (Wildman–Crippen LogP) is 1.83. The first-order valence-electron chi connectivity index (χ1n) is 9.12. The molecule has 1 unspecified atom stereocenters. The number of aromatic nitrogens is 3. The Morgan fingerprint density at radius 3 is 2.90 bits per heavy atom. The van der Waals surface area contributed by atoms with Gasteiger partial charge in [0.05, 0.1) is 28.8 Å². The average molecular weight is 416 g/mol. The highest BCUT2D eigenvalue weighted by molar-refractivity contribution is 7.91. The number of H-pyrrole nitrogens is 1. The summed E-state index contributed by atoms with van der Waals surface area (Å²) in [5.74, 6) is -0.652. The van der Waals surface area contributed by atoms with E-state index in [2.05, 4.69) is 15.4 Å². The highest BCUT2D eigenvalue weighted by Crippen LogP contribution is 2.27. The van der Waals surface area contributed by atoms with E-state index in [0.717, 1.165) is 5.52 Å². The van der Waals surface area contributed by atoms with Crippen molar-refractivity contribution in [1.29, 1.82) is 0 Å². The zero-order chi connectivity index (χ0) is 20.6. The van der Waals surface area contributed by atoms with Crippen LogP contribution in [0.25, 0.3) is 10.9 Å². The first-order valence-corrected chi connectivity index (χ1v) is 10.9. The van der Waals surface area contributed by atoms with Crippen LogP contribution in [-0.4, -0.2) is 53.2 Å². The largest absolute Gasteiger partial charge is 0.452 e. The minimum absolute atomic E-state index is 0.00740. The Kier molecular flexibility index (Phi) is 4.87. The molecule has 152 valence electrons. The zero-order valence-corrected chi connectivity index (χ0v) is 16.5. The first-order chi connectivity index (χ1) is 13.8. The van der Waals surface area contributed by atoms with Crippen LogP contribution in [0, 0.1) is 6.92 Å². The molecule has 1 aromatic carbocycles. The lowest BCUT2D eigenvalue weighted by molar-refractivity contribution is -0.119. The van der Waals surface area contributed by atoms with Crippen LogP contribution in [0.4, 0.5) is 5.82 Å². The Labute approximate surface area is 167 Å². The SMILES string of the molecule is Cc1cc(NC(=O)COC(=O)c2c[nH]c3ccccc23)n(C2CCS(=O)(=O)C2)n1. The van der Waals surface area contributed by atoms with Gasteiger partial charge >= 0.3 is 5.97 Å². The fraction of sp³-hybridized carbons (Fsp3) is 0.316. The fourth-order valence-electron chi connectivity index (χ4n) is 3.48. The lowest BCUT2D eigenvalue weighted by atomic mass is 10.2. The summed E-state index contributed by atoms with van der Waals surface area (Å²) in [5.41, 5.74) is 1.81. The minimum atomic E-state index is -3.09. The van der Waals surface area contributed by atoms with Gasteiger partial charge in [-0.2, -0.15) is 5.10 Å². The maximum Gasteiger partial charge on any atom is 0.340 e. The van der Waals surface area contributed by atoms with E-state index in [1.54, 1.807) is 25.3 Å². The third kappa shape index (κ3) is 4.02. The highest BCUT2D eigenvalue weighted by Gasteiger charge is 2.31. The van der Waals surface area contributed by atoms with Crippen LogP contribution < -0.4 is 5.32 Å². The number of nitrogens with one attached hydrogen (secondary N) is 2. The highest BCUT2D eigenvalue weighted by atomic mass is 32.2. The lowest BCUT2D eigenvalue weighted by Gasteiger charge is -2.13. The van der Waals surface area contributed by atoms with Gasteiger partial charge in [-0.15, -0.1) is 0 Å². The number of anilines is 1. The molecule has 29 heavy (non-hydrogen) atoms. The Bertz CT molecular complexity index is 1190. The summed E-state index contributed by atoms with van der Waals surface area (Å²) in [6.07, 6.45) is 1.99. The molecule has 1 amide bonds. The molecule has 1 aliphatic heterocycles. The molecule has 2 N–H and O–H groups in total. The summed E-state index contributed by atoms with van der Waals surface area (Å²) in [4.78, 5) is 27.6. The Balaban J connectivity index is 1.41. The van der Waals surface area contributed by atoms with Crippen molar-refractivity contribution in [2.45, 2.75) is 19.4 Å². The second-order valence-corrected chi connectivity index (χ2v) is 9.27. The van der Waals surface area contributed by atoms with Crippen LogP contribution in [0.3, 0.4) is 0 Å². The molecule has 9 nitrogen and oxygen atoms in total. The molecule has 0 aliphatic carbocycles. The molecule has 1 atom stereocenters. The molecule has 0 spiro atoms. The van der Waals surface area contributed by atoms with Crippen LogP contribution in [0.1, 0.15) is 28.5 Å². The Morgan fingerprint density at radius 1 is 1.34 bits per heavy atom. The number of ether oxygens (including phenoxy) is 1. The number of nitrogens with zero attached hydrogens (tertiary/aromatic N) is 2. The van der Waals surface area contributed by atoms with Gasteiger partial charge in [-0.1, -0.05) is 18.2 Å². The first kappa shape index (κ1) is 19.2. The number of carbonyl (C=O) groups excluding carboxylic acids is 2. The molecular weight excluding hydrogens is 396 g/mol. The molecule has 1 aliphatic rings. The third-order valence-corrected chi connectivity index (χ3v) is 6.57.